The van der Waals surface area contributed by atoms with Gasteiger partial charge in [0.2, 0.25) is 0 Å². The lowest BCUT2D eigenvalue weighted by Gasteiger charge is -2.36. The van der Waals surface area contributed by atoms with Crippen LogP contribution in [-0.2, 0) is 4.74 Å². The highest BCUT2D eigenvalue weighted by atomic mass is 32.2. The van der Waals surface area contributed by atoms with Crippen LogP contribution in [-0.4, -0.2) is 60.4 Å². The first-order valence-corrected chi connectivity index (χ1v) is 10.6. The minimum absolute atomic E-state index is 0.139. The predicted molar refractivity (Wildman–Crippen MR) is 108 cm³/mol. The van der Waals surface area contributed by atoms with Gasteiger partial charge < -0.3 is 14.5 Å². The average molecular weight is 384 g/mol. The lowest BCUT2D eigenvalue weighted by atomic mass is 10.1. The molecular formula is C21H25N3O2S. The van der Waals surface area contributed by atoms with Crippen molar-refractivity contribution in [1.29, 1.82) is 0 Å². The Labute approximate surface area is 164 Å². The molecule has 1 aromatic heterocycles. The van der Waals surface area contributed by atoms with E-state index in [1.807, 2.05) is 47.6 Å². The number of carbonyl (C=O) groups excluding carboxylic acids is 1. The number of rotatable bonds is 5. The zero-order valence-electron chi connectivity index (χ0n) is 15.4. The van der Waals surface area contributed by atoms with E-state index in [2.05, 4.69) is 16.0 Å². The summed E-state index contributed by atoms with van der Waals surface area (Å²) in [6.07, 6.45) is 6.22. The van der Waals surface area contributed by atoms with E-state index in [1.54, 1.807) is 11.8 Å². The fourth-order valence-corrected chi connectivity index (χ4v) is 4.73. The molecule has 142 valence electrons. The van der Waals surface area contributed by atoms with Gasteiger partial charge in [-0.15, -0.1) is 11.8 Å². The van der Waals surface area contributed by atoms with Crippen molar-refractivity contribution < 1.29 is 9.53 Å². The summed E-state index contributed by atoms with van der Waals surface area (Å²) < 4.78 is 5.72. The van der Waals surface area contributed by atoms with E-state index >= 15 is 0 Å². The molecule has 1 unspecified atom stereocenters. The van der Waals surface area contributed by atoms with Crippen LogP contribution in [0.25, 0.3) is 0 Å². The second-order valence-corrected chi connectivity index (χ2v) is 7.99. The van der Waals surface area contributed by atoms with Crippen LogP contribution < -0.4 is 4.90 Å². The molecule has 4 rings (SSSR count). The van der Waals surface area contributed by atoms with Crippen molar-refractivity contribution in [2.45, 2.75) is 23.8 Å². The van der Waals surface area contributed by atoms with Crippen LogP contribution >= 0.6 is 11.8 Å². The number of carbonyl (C=O) groups is 1. The smallest absolute Gasteiger partial charge is 0.255 e. The quantitative estimate of drug-likeness (QED) is 0.741. The fourth-order valence-electron chi connectivity index (χ4n) is 3.62. The number of anilines is 1. The van der Waals surface area contributed by atoms with E-state index in [0.717, 1.165) is 61.8 Å². The van der Waals surface area contributed by atoms with Gasteiger partial charge in [0.15, 0.2) is 0 Å². The summed E-state index contributed by atoms with van der Waals surface area (Å²) in [7, 11) is 0. The number of aromatic nitrogens is 1. The Morgan fingerprint density at radius 2 is 1.89 bits per heavy atom. The Balaban J connectivity index is 1.38. The van der Waals surface area contributed by atoms with Gasteiger partial charge in [-0.05, 0) is 37.1 Å². The Bertz CT molecular complexity index is 757. The molecule has 1 amide bonds. The number of piperazine rings is 1. The number of amides is 1. The van der Waals surface area contributed by atoms with Gasteiger partial charge in [-0.25, -0.2) is 0 Å². The standard InChI is InChI=1S/C21H25N3O2S/c25-21(24-13-11-23(12-14-24)17-7-9-22-10-8-17)19-5-1-2-6-20(19)27-16-18-4-3-15-26-18/h1-2,5-10,18H,3-4,11-16H2. The molecule has 2 saturated heterocycles. The summed E-state index contributed by atoms with van der Waals surface area (Å²) in [6, 6.07) is 12.0. The maximum Gasteiger partial charge on any atom is 0.255 e. The zero-order valence-corrected chi connectivity index (χ0v) is 16.2. The Morgan fingerprint density at radius 3 is 2.63 bits per heavy atom. The van der Waals surface area contributed by atoms with Crippen molar-refractivity contribution in [3.63, 3.8) is 0 Å². The molecule has 0 saturated carbocycles. The molecule has 1 aromatic carbocycles. The van der Waals surface area contributed by atoms with Gasteiger partial charge in [0.25, 0.3) is 5.91 Å². The molecule has 0 bridgehead atoms. The number of ether oxygens (including phenoxy) is 1. The van der Waals surface area contributed by atoms with E-state index in [4.69, 9.17) is 4.74 Å². The van der Waals surface area contributed by atoms with Gasteiger partial charge >= 0.3 is 0 Å². The second-order valence-electron chi connectivity index (χ2n) is 6.93. The lowest BCUT2D eigenvalue weighted by molar-refractivity contribution is 0.0743. The van der Waals surface area contributed by atoms with Crippen molar-refractivity contribution in [2.24, 2.45) is 0 Å². The molecule has 1 atom stereocenters. The summed E-state index contributed by atoms with van der Waals surface area (Å²) in [5.74, 6) is 1.06. The van der Waals surface area contributed by atoms with Crippen LogP contribution in [0.4, 0.5) is 5.69 Å². The van der Waals surface area contributed by atoms with Crippen LogP contribution in [0.3, 0.4) is 0 Å². The second kappa shape index (κ2) is 8.76. The minimum Gasteiger partial charge on any atom is -0.377 e. The molecule has 2 aromatic rings. The highest BCUT2D eigenvalue weighted by Gasteiger charge is 2.24. The molecule has 3 heterocycles. The van der Waals surface area contributed by atoms with Crippen molar-refractivity contribution in [3.05, 3.63) is 54.4 Å². The fraction of sp³-hybridized carbons (Fsp3) is 0.429. The Hall–Kier alpha value is -2.05. The third kappa shape index (κ3) is 4.45. The van der Waals surface area contributed by atoms with Gasteiger partial charge in [-0.2, -0.15) is 0 Å². The number of hydrogen-bond donors (Lipinski definition) is 0. The number of pyridine rings is 1. The molecule has 2 aliphatic rings. The maximum absolute atomic E-state index is 13.1. The van der Waals surface area contributed by atoms with Crippen LogP contribution in [0, 0.1) is 0 Å². The van der Waals surface area contributed by atoms with Gasteiger partial charge in [-0.1, -0.05) is 12.1 Å². The largest absolute Gasteiger partial charge is 0.377 e. The molecular weight excluding hydrogens is 358 g/mol. The summed E-state index contributed by atoms with van der Waals surface area (Å²) in [6.45, 7) is 4.05. The monoisotopic (exact) mass is 383 g/mol. The lowest BCUT2D eigenvalue weighted by Crippen LogP contribution is -2.48. The first-order chi connectivity index (χ1) is 13.3. The van der Waals surface area contributed by atoms with Crippen LogP contribution in [0.15, 0.2) is 53.7 Å². The minimum atomic E-state index is 0.139. The summed E-state index contributed by atoms with van der Waals surface area (Å²) in [4.78, 5) is 22.5. The Kier molecular flexibility index (Phi) is 5.94. The van der Waals surface area contributed by atoms with E-state index in [1.165, 1.54) is 5.69 Å². The van der Waals surface area contributed by atoms with E-state index < -0.39 is 0 Å². The van der Waals surface area contributed by atoms with Gasteiger partial charge in [0, 0.05) is 61.5 Å². The molecule has 2 fully saturated rings. The molecule has 0 spiro atoms. The van der Waals surface area contributed by atoms with E-state index in [9.17, 15) is 4.79 Å². The van der Waals surface area contributed by atoms with E-state index in [-0.39, 0.29) is 5.91 Å². The average Bonchev–Trinajstić information content (AvgIpc) is 3.26. The van der Waals surface area contributed by atoms with Gasteiger partial charge in [-0.3, -0.25) is 9.78 Å². The molecule has 0 aliphatic carbocycles. The van der Waals surface area contributed by atoms with Crippen molar-refractivity contribution in [3.8, 4) is 0 Å². The number of hydrogen-bond acceptors (Lipinski definition) is 5. The van der Waals surface area contributed by atoms with Crippen LogP contribution in [0.1, 0.15) is 23.2 Å². The maximum atomic E-state index is 13.1. The third-order valence-electron chi connectivity index (χ3n) is 5.16. The summed E-state index contributed by atoms with van der Waals surface area (Å²) >= 11 is 1.74. The first-order valence-electron chi connectivity index (χ1n) is 9.59. The zero-order chi connectivity index (χ0) is 18.5. The van der Waals surface area contributed by atoms with Crippen LogP contribution in [0.2, 0.25) is 0 Å². The molecule has 5 nitrogen and oxygen atoms in total. The van der Waals surface area contributed by atoms with Crippen LogP contribution in [0.5, 0.6) is 0 Å². The molecule has 6 heteroatoms. The topological polar surface area (TPSA) is 45.7 Å². The predicted octanol–water partition coefficient (Wildman–Crippen LogP) is 3.32. The Morgan fingerprint density at radius 1 is 1.11 bits per heavy atom. The molecule has 0 radical (unpaired) electrons. The highest BCUT2D eigenvalue weighted by molar-refractivity contribution is 7.99. The number of nitrogens with zero attached hydrogens (tertiary/aromatic N) is 3. The number of benzene rings is 1. The van der Waals surface area contributed by atoms with Crippen molar-refractivity contribution >= 4 is 23.4 Å². The molecule has 0 N–H and O–H groups in total. The first kappa shape index (κ1) is 18.3. The highest BCUT2D eigenvalue weighted by Crippen LogP contribution is 2.28. The van der Waals surface area contributed by atoms with E-state index in [0.29, 0.717) is 6.10 Å². The van der Waals surface area contributed by atoms with Crippen molar-refractivity contribution in [1.82, 2.24) is 9.88 Å². The van der Waals surface area contributed by atoms with Crippen molar-refractivity contribution in [2.75, 3.05) is 43.4 Å². The van der Waals surface area contributed by atoms with Gasteiger partial charge in [0.1, 0.15) is 0 Å². The SMILES string of the molecule is O=C(c1ccccc1SCC1CCCO1)N1CCN(c2ccncc2)CC1. The third-order valence-corrected chi connectivity index (χ3v) is 6.37. The summed E-state index contributed by atoms with van der Waals surface area (Å²) in [5.41, 5.74) is 1.99. The normalized spacial score (nSPS) is 20.1. The van der Waals surface area contributed by atoms with Gasteiger partial charge in [0.05, 0.1) is 11.7 Å². The summed E-state index contributed by atoms with van der Waals surface area (Å²) in [5, 5.41) is 0. The number of thioether (sulfide) groups is 1. The molecule has 2 aliphatic heterocycles. The molecule has 27 heavy (non-hydrogen) atoms.